The van der Waals surface area contributed by atoms with Crippen LogP contribution in [0.4, 0.5) is 5.69 Å². The number of nitriles is 1. The minimum Gasteiger partial charge on any atom is -0.373 e. The number of likely N-dealkylation sites (N-methyl/N-ethyl adjacent to an activating group) is 1. The van der Waals surface area contributed by atoms with Gasteiger partial charge < -0.3 is 9.64 Å². The lowest BCUT2D eigenvalue weighted by molar-refractivity contribution is 0.0606. The summed E-state index contributed by atoms with van der Waals surface area (Å²) in [6, 6.07) is 9.85. The van der Waals surface area contributed by atoms with Gasteiger partial charge in [0.15, 0.2) is 0 Å². The van der Waals surface area contributed by atoms with E-state index in [0.29, 0.717) is 17.8 Å². The lowest BCUT2D eigenvalue weighted by Crippen LogP contribution is -2.29. The number of rotatable bonds is 3. The molecule has 0 aliphatic carbocycles. The smallest absolute Gasteiger partial charge is 0.0992 e. The molecular weight excluding hydrogens is 212 g/mol. The van der Waals surface area contributed by atoms with Gasteiger partial charge in [-0.15, -0.1) is 0 Å². The van der Waals surface area contributed by atoms with E-state index in [1.54, 1.807) is 0 Å². The zero-order valence-electron chi connectivity index (χ0n) is 10.4. The zero-order chi connectivity index (χ0) is 12.3. The fourth-order valence-electron chi connectivity index (χ4n) is 2.24. The van der Waals surface area contributed by atoms with Crippen molar-refractivity contribution in [3.05, 3.63) is 29.8 Å². The Morgan fingerprint density at radius 2 is 2.29 bits per heavy atom. The third kappa shape index (κ3) is 2.98. The maximum absolute atomic E-state index is 8.87. The van der Waals surface area contributed by atoms with E-state index >= 15 is 0 Å². The van der Waals surface area contributed by atoms with Gasteiger partial charge in [-0.2, -0.15) is 5.26 Å². The molecule has 1 fully saturated rings. The van der Waals surface area contributed by atoms with Gasteiger partial charge >= 0.3 is 0 Å². The van der Waals surface area contributed by atoms with Crippen LogP contribution in [0.1, 0.15) is 25.3 Å². The van der Waals surface area contributed by atoms with Crippen LogP contribution in [0.15, 0.2) is 24.3 Å². The molecule has 0 radical (unpaired) electrons. The van der Waals surface area contributed by atoms with Gasteiger partial charge in [0.25, 0.3) is 0 Å². The van der Waals surface area contributed by atoms with Crippen molar-refractivity contribution in [1.29, 1.82) is 5.26 Å². The van der Waals surface area contributed by atoms with E-state index in [1.165, 1.54) is 0 Å². The summed E-state index contributed by atoms with van der Waals surface area (Å²) in [5, 5.41) is 8.87. The molecule has 3 nitrogen and oxygen atoms in total. The van der Waals surface area contributed by atoms with E-state index in [2.05, 4.69) is 17.9 Å². The highest BCUT2D eigenvalue weighted by molar-refractivity contribution is 5.50. The van der Waals surface area contributed by atoms with Crippen molar-refractivity contribution < 1.29 is 4.74 Å². The summed E-state index contributed by atoms with van der Waals surface area (Å²) in [4.78, 5) is 2.16. The van der Waals surface area contributed by atoms with Crippen molar-refractivity contribution in [3.63, 3.8) is 0 Å². The van der Waals surface area contributed by atoms with E-state index < -0.39 is 0 Å². The van der Waals surface area contributed by atoms with E-state index in [1.807, 2.05) is 31.3 Å². The molecule has 0 bridgehead atoms. The molecule has 1 aromatic rings. The van der Waals surface area contributed by atoms with Crippen LogP contribution in [0.3, 0.4) is 0 Å². The quantitative estimate of drug-likeness (QED) is 0.800. The molecule has 2 atom stereocenters. The van der Waals surface area contributed by atoms with E-state index in [9.17, 15) is 0 Å². The first-order chi connectivity index (χ1) is 8.19. The Morgan fingerprint density at radius 1 is 1.47 bits per heavy atom. The average Bonchev–Trinajstić information content (AvgIpc) is 2.75. The van der Waals surface area contributed by atoms with Crippen LogP contribution in [-0.2, 0) is 4.74 Å². The van der Waals surface area contributed by atoms with Crippen LogP contribution in [-0.4, -0.2) is 25.8 Å². The molecule has 2 unspecified atom stereocenters. The van der Waals surface area contributed by atoms with Crippen molar-refractivity contribution in [2.75, 3.05) is 18.5 Å². The van der Waals surface area contributed by atoms with Gasteiger partial charge in [0, 0.05) is 19.3 Å². The highest BCUT2D eigenvalue weighted by Crippen LogP contribution is 2.22. The van der Waals surface area contributed by atoms with Gasteiger partial charge in [-0.25, -0.2) is 0 Å². The maximum atomic E-state index is 8.87. The summed E-state index contributed by atoms with van der Waals surface area (Å²) in [6.07, 6.45) is 2.99. The topological polar surface area (TPSA) is 36.3 Å². The Kier molecular flexibility index (Phi) is 3.65. The molecule has 0 aromatic heterocycles. The first kappa shape index (κ1) is 11.9. The van der Waals surface area contributed by atoms with Gasteiger partial charge in [-0.05, 0) is 38.0 Å². The third-order valence-electron chi connectivity index (χ3n) is 3.21. The highest BCUT2D eigenvalue weighted by Gasteiger charge is 2.22. The number of hydrogen-bond acceptors (Lipinski definition) is 3. The van der Waals surface area contributed by atoms with Gasteiger partial charge in [0.2, 0.25) is 0 Å². The summed E-state index contributed by atoms with van der Waals surface area (Å²) < 4.78 is 5.80. The second kappa shape index (κ2) is 5.20. The molecule has 0 amide bonds. The second-order valence-electron chi connectivity index (χ2n) is 4.69. The second-order valence-corrected chi connectivity index (χ2v) is 4.69. The van der Waals surface area contributed by atoms with Gasteiger partial charge in [-0.3, -0.25) is 0 Å². The fraction of sp³-hybridized carbons (Fsp3) is 0.500. The predicted octanol–water partition coefficient (Wildman–Crippen LogP) is 2.56. The number of anilines is 1. The third-order valence-corrected chi connectivity index (χ3v) is 3.21. The van der Waals surface area contributed by atoms with Crippen molar-refractivity contribution in [2.45, 2.75) is 32.0 Å². The molecule has 1 saturated heterocycles. The largest absolute Gasteiger partial charge is 0.373 e. The Hall–Kier alpha value is -1.53. The monoisotopic (exact) mass is 230 g/mol. The molecule has 0 spiro atoms. The van der Waals surface area contributed by atoms with Crippen LogP contribution in [0.5, 0.6) is 0 Å². The summed E-state index contributed by atoms with van der Waals surface area (Å²) in [5.41, 5.74) is 1.78. The van der Waals surface area contributed by atoms with E-state index in [0.717, 1.165) is 25.1 Å². The molecule has 1 aromatic carbocycles. The van der Waals surface area contributed by atoms with Crippen LogP contribution in [0.2, 0.25) is 0 Å². The fourth-order valence-corrected chi connectivity index (χ4v) is 2.24. The van der Waals surface area contributed by atoms with Crippen LogP contribution in [0.25, 0.3) is 0 Å². The Bertz CT molecular complexity index is 424. The summed E-state index contributed by atoms with van der Waals surface area (Å²) in [7, 11) is 2.04. The van der Waals surface area contributed by atoms with Crippen molar-refractivity contribution in [2.24, 2.45) is 0 Å². The minimum atomic E-state index is 0.320. The van der Waals surface area contributed by atoms with Crippen LogP contribution < -0.4 is 4.90 Å². The first-order valence-electron chi connectivity index (χ1n) is 6.06. The minimum absolute atomic E-state index is 0.320. The van der Waals surface area contributed by atoms with Gasteiger partial charge in [0.1, 0.15) is 0 Å². The molecule has 2 rings (SSSR count). The van der Waals surface area contributed by atoms with Crippen molar-refractivity contribution in [1.82, 2.24) is 0 Å². The van der Waals surface area contributed by atoms with Crippen LogP contribution >= 0.6 is 0 Å². The van der Waals surface area contributed by atoms with Gasteiger partial charge in [0.05, 0.1) is 23.8 Å². The van der Waals surface area contributed by atoms with Crippen molar-refractivity contribution in [3.8, 4) is 6.07 Å². The number of benzene rings is 1. The molecule has 1 heterocycles. The molecule has 0 N–H and O–H groups in total. The standard InChI is InChI=1S/C14H18N2O/c1-11-6-7-14(17-11)10-16(2)13-5-3-4-12(8-13)9-15/h3-5,8,11,14H,6-7,10H2,1-2H3. The molecule has 90 valence electrons. The highest BCUT2D eigenvalue weighted by atomic mass is 16.5. The van der Waals surface area contributed by atoms with Gasteiger partial charge in [-0.1, -0.05) is 6.07 Å². The number of hydrogen-bond donors (Lipinski definition) is 0. The predicted molar refractivity (Wildman–Crippen MR) is 68.0 cm³/mol. The van der Waals surface area contributed by atoms with Crippen molar-refractivity contribution >= 4 is 5.69 Å². The number of nitrogens with zero attached hydrogens (tertiary/aromatic N) is 2. The Balaban J connectivity index is 1.99. The van der Waals surface area contributed by atoms with E-state index in [4.69, 9.17) is 10.00 Å². The molecule has 1 aliphatic rings. The average molecular weight is 230 g/mol. The Labute approximate surface area is 103 Å². The molecule has 0 saturated carbocycles. The molecule has 3 heteroatoms. The summed E-state index contributed by atoms with van der Waals surface area (Å²) in [6.45, 7) is 3.01. The summed E-state index contributed by atoms with van der Waals surface area (Å²) >= 11 is 0. The molecule has 17 heavy (non-hydrogen) atoms. The maximum Gasteiger partial charge on any atom is 0.0992 e. The summed E-state index contributed by atoms with van der Waals surface area (Å²) in [5.74, 6) is 0. The lowest BCUT2D eigenvalue weighted by atomic mass is 10.1. The molecular formula is C14H18N2O. The van der Waals surface area contributed by atoms with Crippen LogP contribution in [0, 0.1) is 11.3 Å². The first-order valence-corrected chi connectivity index (χ1v) is 6.06. The Morgan fingerprint density at radius 3 is 2.94 bits per heavy atom. The van der Waals surface area contributed by atoms with E-state index in [-0.39, 0.29) is 0 Å². The molecule has 1 aliphatic heterocycles. The zero-order valence-corrected chi connectivity index (χ0v) is 10.4. The number of ether oxygens (including phenoxy) is 1. The SMILES string of the molecule is CC1CCC(CN(C)c2cccc(C#N)c2)O1. The lowest BCUT2D eigenvalue weighted by Gasteiger charge is -2.23. The normalized spacial score (nSPS) is 23.4.